The number of nitrogens with one attached hydrogen (secondary N) is 1. The van der Waals surface area contributed by atoms with Crippen molar-refractivity contribution in [3.63, 3.8) is 0 Å². The minimum atomic E-state index is -1.01. The van der Waals surface area contributed by atoms with E-state index in [1.54, 1.807) is 23.1 Å². The molecule has 17 heavy (non-hydrogen) atoms. The molecule has 0 aliphatic carbocycles. The molecule has 1 heterocycles. The Morgan fingerprint density at radius 1 is 1.41 bits per heavy atom. The molecule has 0 spiro atoms. The number of carboxylic acid groups (broad SMARTS) is 1. The number of hydrogen-bond donors (Lipinski definition) is 2. The number of nitrogens with zero attached hydrogens (tertiary/aromatic N) is 1. The van der Waals surface area contributed by atoms with Crippen molar-refractivity contribution in [3.8, 4) is 0 Å². The minimum Gasteiger partial charge on any atom is -0.478 e. The van der Waals surface area contributed by atoms with Crippen LogP contribution < -0.4 is 10.2 Å². The lowest BCUT2D eigenvalue weighted by molar-refractivity contribution is -0.131. The van der Waals surface area contributed by atoms with Gasteiger partial charge in [0.15, 0.2) is 0 Å². The van der Waals surface area contributed by atoms with Crippen molar-refractivity contribution in [2.75, 3.05) is 18.0 Å². The summed E-state index contributed by atoms with van der Waals surface area (Å²) in [7, 11) is 0. The van der Waals surface area contributed by atoms with Crippen LogP contribution in [0.4, 0.5) is 10.5 Å². The van der Waals surface area contributed by atoms with Gasteiger partial charge < -0.3 is 10.4 Å². The van der Waals surface area contributed by atoms with Crippen molar-refractivity contribution in [1.29, 1.82) is 0 Å². The second-order valence-corrected chi connectivity index (χ2v) is 3.61. The van der Waals surface area contributed by atoms with Gasteiger partial charge in [-0.15, -0.1) is 0 Å². The van der Waals surface area contributed by atoms with Gasteiger partial charge in [-0.2, -0.15) is 0 Å². The summed E-state index contributed by atoms with van der Waals surface area (Å²) in [5, 5.41) is 11.3. The Kier molecular flexibility index (Phi) is 3.09. The normalized spacial score (nSPS) is 15.3. The molecule has 2 amide bonds. The van der Waals surface area contributed by atoms with Crippen molar-refractivity contribution < 1.29 is 14.7 Å². The topological polar surface area (TPSA) is 69.6 Å². The number of carboxylic acids is 1. The average Bonchev–Trinajstić information content (AvgIpc) is 2.73. The standard InChI is InChI=1S/C12H12N2O3/c15-11(16)6-5-9-3-1-2-4-10(9)14-8-7-13-12(14)17/h1-6H,7-8H2,(H,13,17)(H,15,16). The van der Waals surface area contributed by atoms with E-state index >= 15 is 0 Å². The third kappa shape index (κ3) is 2.44. The molecule has 0 saturated carbocycles. The molecule has 0 aromatic heterocycles. The number of rotatable bonds is 3. The van der Waals surface area contributed by atoms with Crippen LogP contribution in [0.5, 0.6) is 0 Å². The largest absolute Gasteiger partial charge is 0.478 e. The Labute approximate surface area is 98.4 Å². The molecule has 0 unspecified atom stereocenters. The zero-order chi connectivity index (χ0) is 12.3. The second kappa shape index (κ2) is 4.69. The SMILES string of the molecule is O=C(O)C=Cc1ccccc1N1CCNC1=O. The van der Waals surface area contributed by atoms with Gasteiger partial charge in [-0.25, -0.2) is 9.59 Å². The molecule has 0 atom stereocenters. The van der Waals surface area contributed by atoms with E-state index in [-0.39, 0.29) is 6.03 Å². The lowest BCUT2D eigenvalue weighted by atomic mass is 10.1. The predicted molar refractivity (Wildman–Crippen MR) is 63.9 cm³/mol. The van der Waals surface area contributed by atoms with Gasteiger partial charge in [0.05, 0.1) is 5.69 Å². The molecule has 2 rings (SSSR count). The van der Waals surface area contributed by atoms with Crippen molar-refractivity contribution in [2.45, 2.75) is 0 Å². The molecule has 2 N–H and O–H groups in total. The Bertz CT molecular complexity index is 482. The first kappa shape index (κ1) is 11.2. The second-order valence-electron chi connectivity index (χ2n) is 3.61. The Balaban J connectivity index is 2.33. The molecule has 0 bridgehead atoms. The maximum atomic E-state index is 11.5. The van der Waals surface area contributed by atoms with E-state index in [1.807, 2.05) is 6.07 Å². The van der Waals surface area contributed by atoms with Crippen LogP contribution >= 0.6 is 0 Å². The lowest BCUT2D eigenvalue weighted by Gasteiger charge is -2.16. The van der Waals surface area contributed by atoms with Crippen LogP contribution in [-0.4, -0.2) is 30.2 Å². The summed E-state index contributed by atoms with van der Waals surface area (Å²) in [6.07, 6.45) is 2.55. The number of carbonyl (C=O) groups excluding carboxylic acids is 1. The van der Waals surface area contributed by atoms with E-state index < -0.39 is 5.97 Å². The molecule has 1 aromatic carbocycles. The Hall–Kier alpha value is -2.30. The van der Waals surface area contributed by atoms with Gasteiger partial charge in [-0.3, -0.25) is 4.90 Å². The molecule has 1 fully saturated rings. The molecule has 0 radical (unpaired) electrons. The van der Waals surface area contributed by atoms with Crippen LogP contribution in [-0.2, 0) is 4.79 Å². The van der Waals surface area contributed by atoms with Gasteiger partial charge in [0.2, 0.25) is 0 Å². The van der Waals surface area contributed by atoms with Crippen LogP contribution in [0.1, 0.15) is 5.56 Å². The number of hydrogen-bond acceptors (Lipinski definition) is 2. The third-order valence-corrected chi connectivity index (χ3v) is 2.49. The molecule has 1 aliphatic rings. The van der Waals surface area contributed by atoms with Gasteiger partial charge in [0, 0.05) is 19.2 Å². The fourth-order valence-corrected chi connectivity index (χ4v) is 1.74. The number of amides is 2. The van der Waals surface area contributed by atoms with Crippen molar-refractivity contribution >= 4 is 23.8 Å². The molecule has 5 nitrogen and oxygen atoms in total. The van der Waals surface area contributed by atoms with Crippen LogP contribution in [0.15, 0.2) is 30.3 Å². The summed E-state index contributed by atoms with van der Waals surface area (Å²) in [5.41, 5.74) is 1.44. The van der Waals surface area contributed by atoms with Crippen molar-refractivity contribution in [2.24, 2.45) is 0 Å². The smallest absolute Gasteiger partial charge is 0.328 e. The number of para-hydroxylation sites is 1. The number of urea groups is 1. The predicted octanol–water partition coefficient (Wildman–Crippen LogP) is 1.31. The first-order valence-electron chi connectivity index (χ1n) is 5.24. The fraction of sp³-hybridized carbons (Fsp3) is 0.167. The monoisotopic (exact) mass is 232 g/mol. The molecular weight excluding hydrogens is 220 g/mol. The van der Waals surface area contributed by atoms with E-state index in [9.17, 15) is 9.59 Å². The lowest BCUT2D eigenvalue weighted by Crippen LogP contribution is -2.28. The van der Waals surface area contributed by atoms with Crippen LogP contribution in [0.25, 0.3) is 6.08 Å². The molecule has 88 valence electrons. The van der Waals surface area contributed by atoms with Crippen LogP contribution in [0, 0.1) is 0 Å². The van der Waals surface area contributed by atoms with E-state index in [0.717, 1.165) is 11.8 Å². The average molecular weight is 232 g/mol. The summed E-state index contributed by atoms with van der Waals surface area (Å²) < 4.78 is 0. The van der Waals surface area contributed by atoms with Gasteiger partial charge in [0.25, 0.3) is 0 Å². The molecule has 1 aliphatic heterocycles. The highest BCUT2D eigenvalue weighted by molar-refractivity contribution is 5.97. The highest BCUT2D eigenvalue weighted by Crippen LogP contribution is 2.23. The third-order valence-electron chi connectivity index (χ3n) is 2.49. The summed E-state index contributed by atoms with van der Waals surface area (Å²) in [4.78, 5) is 23.6. The highest BCUT2D eigenvalue weighted by atomic mass is 16.4. The Morgan fingerprint density at radius 2 is 2.18 bits per heavy atom. The van der Waals surface area contributed by atoms with Gasteiger partial charge in [-0.1, -0.05) is 18.2 Å². The van der Waals surface area contributed by atoms with Crippen LogP contribution in [0.2, 0.25) is 0 Å². The van der Waals surface area contributed by atoms with Gasteiger partial charge in [0.1, 0.15) is 0 Å². The number of anilines is 1. The summed E-state index contributed by atoms with van der Waals surface area (Å²) in [6, 6.07) is 7.05. The first-order valence-corrected chi connectivity index (χ1v) is 5.24. The molecule has 5 heteroatoms. The van der Waals surface area contributed by atoms with E-state index in [2.05, 4.69) is 5.32 Å². The fourth-order valence-electron chi connectivity index (χ4n) is 1.74. The van der Waals surface area contributed by atoms with Crippen molar-refractivity contribution in [3.05, 3.63) is 35.9 Å². The minimum absolute atomic E-state index is 0.152. The van der Waals surface area contributed by atoms with Gasteiger partial charge >= 0.3 is 12.0 Å². The summed E-state index contributed by atoms with van der Waals surface area (Å²) >= 11 is 0. The maximum absolute atomic E-state index is 11.5. The summed E-state index contributed by atoms with van der Waals surface area (Å²) in [6.45, 7) is 1.20. The van der Waals surface area contributed by atoms with Crippen molar-refractivity contribution in [1.82, 2.24) is 5.32 Å². The highest BCUT2D eigenvalue weighted by Gasteiger charge is 2.22. The molecular formula is C12H12N2O3. The van der Waals surface area contributed by atoms with Gasteiger partial charge in [-0.05, 0) is 17.7 Å². The summed E-state index contributed by atoms with van der Waals surface area (Å²) in [5.74, 6) is -1.01. The quantitative estimate of drug-likeness (QED) is 0.772. The van der Waals surface area contributed by atoms with E-state index in [0.29, 0.717) is 18.7 Å². The molecule has 1 aromatic rings. The first-order chi connectivity index (χ1) is 8.18. The molecule has 1 saturated heterocycles. The maximum Gasteiger partial charge on any atom is 0.328 e. The zero-order valence-corrected chi connectivity index (χ0v) is 9.09. The van der Waals surface area contributed by atoms with E-state index in [4.69, 9.17) is 5.11 Å². The number of benzene rings is 1. The van der Waals surface area contributed by atoms with Crippen LogP contribution in [0.3, 0.4) is 0 Å². The van der Waals surface area contributed by atoms with E-state index in [1.165, 1.54) is 6.08 Å². The number of carbonyl (C=O) groups is 2. The Morgan fingerprint density at radius 3 is 2.82 bits per heavy atom. The number of aliphatic carboxylic acids is 1. The zero-order valence-electron chi connectivity index (χ0n) is 9.09.